The Morgan fingerprint density at radius 2 is 2.18 bits per heavy atom. The zero-order valence-corrected chi connectivity index (χ0v) is 10.5. The van der Waals surface area contributed by atoms with E-state index in [-0.39, 0.29) is 5.56 Å². The molecule has 4 nitrogen and oxygen atoms in total. The summed E-state index contributed by atoms with van der Waals surface area (Å²) in [5.41, 5.74) is 0.893. The molecule has 0 unspecified atom stereocenters. The van der Waals surface area contributed by atoms with Gasteiger partial charge in [-0.15, -0.1) is 0 Å². The highest BCUT2D eigenvalue weighted by Gasteiger charge is 2.13. The van der Waals surface area contributed by atoms with Gasteiger partial charge in [-0.1, -0.05) is 12.8 Å². The molecule has 1 aliphatic carbocycles. The molecule has 0 radical (unpaired) electrons. The summed E-state index contributed by atoms with van der Waals surface area (Å²) in [7, 11) is 0. The molecule has 1 aromatic heterocycles. The Labute approximate surface area is 102 Å². The number of aryl methyl sites for hydroxylation is 2. The zero-order valence-electron chi connectivity index (χ0n) is 10.5. The predicted molar refractivity (Wildman–Crippen MR) is 68.1 cm³/mol. The van der Waals surface area contributed by atoms with Crippen molar-refractivity contribution in [1.29, 1.82) is 0 Å². The molecule has 1 saturated carbocycles. The summed E-state index contributed by atoms with van der Waals surface area (Å²) in [5, 5.41) is 7.76. The SMILES string of the molecule is Cc1ccc(=O)n(CCCNC2CCCC2)n1. The maximum atomic E-state index is 11.5. The number of nitrogens with one attached hydrogen (secondary N) is 1. The van der Waals surface area contributed by atoms with E-state index in [1.165, 1.54) is 25.7 Å². The molecule has 17 heavy (non-hydrogen) atoms. The van der Waals surface area contributed by atoms with Gasteiger partial charge in [0.25, 0.3) is 5.56 Å². The molecule has 0 atom stereocenters. The van der Waals surface area contributed by atoms with E-state index in [4.69, 9.17) is 0 Å². The Balaban J connectivity index is 1.74. The molecule has 1 fully saturated rings. The third-order valence-corrected chi connectivity index (χ3v) is 3.33. The largest absolute Gasteiger partial charge is 0.314 e. The smallest absolute Gasteiger partial charge is 0.266 e. The Morgan fingerprint density at radius 1 is 1.41 bits per heavy atom. The second-order valence-electron chi connectivity index (χ2n) is 4.83. The monoisotopic (exact) mass is 235 g/mol. The van der Waals surface area contributed by atoms with Crippen molar-refractivity contribution in [3.8, 4) is 0 Å². The van der Waals surface area contributed by atoms with Crippen LogP contribution in [0.4, 0.5) is 0 Å². The molecule has 0 saturated heterocycles. The molecule has 2 rings (SSSR count). The van der Waals surface area contributed by atoms with Gasteiger partial charge in [0.1, 0.15) is 0 Å². The summed E-state index contributed by atoms with van der Waals surface area (Å²) in [4.78, 5) is 11.5. The van der Waals surface area contributed by atoms with Crippen molar-refractivity contribution in [1.82, 2.24) is 15.1 Å². The number of hydrogen-bond acceptors (Lipinski definition) is 3. The Hall–Kier alpha value is -1.16. The fourth-order valence-electron chi connectivity index (χ4n) is 2.38. The quantitative estimate of drug-likeness (QED) is 0.786. The van der Waals surface area contributed by atoms with E-state index in [9.17, 15) is 4.79 Å². The molecule has 0 bridgehead atoms. The van der Waals surface area contributed by atoms with Crippen molar-refractivity contribution in [3.63, 3.8) is 0 Å². The van der Waals surface area contributed by atoms with Gasteiger partial charge in [0.15, 0.2) is 0 Å². The van der Waals surface area contributed by atoms with E-state index in [2.05, 4.69) is 10.4 Å². The molecular formula is C13H21N3O. The van der Waals surface area contributed by atoms with Crippen LogP contribution in [0.25, 0.3) is 0 Å². The van der Waals surface area contributed by atoms with Crippen molar-refractivity contribution in [2.45, 2.75) is 51.6 Å². The molecule has 1 aliphatic rings. The number of rotatable bonds is 5. The van der Waals surface area contributed by atoms with Crippen LogP contribution in [0, 0.1) is 6.92 Å². The summed E-state index contributed by atoms with van der Waals surface area (Å²) < 4.78 is 1.56. The van der Waals surface area contributed by atoms with E-state index < -0.39 is 0 Å². The minimum Gasteiger partial charge on any atom is -0.314 e. The van der Waals surface area contributed by atoms with Gasteiger partial charge in [0.2, 0.25) is 0 Å². The molecule has 0 aromatic carbocycles. The van der Waals surface area contributed by atoms with E-state index >= 15 is 0 Å². The van der Waals surface area contributed by atoms with Crippen molar-refractivity contribution >= 4 is 0 Å². The highest BCUT2D eigenvalue weighted by Crippen LogP contribution is 2.17. The lowest BCUT2D eigenvalue weighted by molar-refractivity contribution is 0.472. The first-order chi connectivity index (χ1) is 8.25. The molecule has 1 heterocycles. The van der Waals surface area contributed by atoms with Gasteiger partial charge in [0.05, 0.1) is 5.69 Å². The van der Waals surface area contributed by atoms with Gasteiger partial charge < -0.3 is 5.32 Å². The fraction of sp³-hybridized carbons (Fsp3) is 0.692. The summed E-state index contributed by atoms with van der Waals surface area (Å²) >= 11 is 0. The number of aromatic nitrogens is 2. The lowest BCUT2D eigenvalue weighted by atomic mass is 10.2. The van der Waals surface area contributed by atoms with Crippen LogP contribution in [0.15, 0.2) is 16.9 Å². The van der Waals surface area contributed by atoms with Gasteiger partial charge in [-0.2, -0.15) is 5.10 Å². The zero-order chi connectivity index (χ0) is 12.1. The van der Waals surface area contributed by atoms with Gasteiger partial charge >= 0.3 is 0 Å². The summed E-state index contributed by atoms with van der Waals surface area (Å²) in [5.74, 6) is 0. The van der Waals surface area contributed by atoms with Crippen molar-refractivity contribution in [2.24, 2.45) is 0 Å². The second-order valence-corrected chi connectivity index (χ2v) is 4.83. The van der Waals surface area contributed by atoms with Crippen molar-refractivity contribution in [3.05, 3.63) is 28.2 Å². The van der Waals surface area contributed by atoms with Crippen LogP contribution < -0.4 is 10.9 Å². The molecule has 1 aromatic rings. The first kappa shape index (κ1) is 12.3. The Kier molecular flexibility index (Phi) is 4.31. The number of hydrogen-bond donors (Lipinski definition) is 1. The normalized spacial score (nSPS) is 16.5. The maximum absolute atomic E-state index is 11.5. The highest BCUT2D eigenvalue weighted by atomic mass is 16.1. The van der Waals surface area contributed by atoms with E-state index in [1.807, 2.05) is 6.92 Å². The lowest BCUT2D eigenvalue weighted by Gasteiger charge is -2.11. The molecule has 4 heteroatoms. The Morgan fingerprint density at radius 3 is 2.94 bits per heavy atom. The Bertz CT molecular complexity index is 407. The highest BCUT2D eigenvalue weighted by molar-refractivity contribution is 4.96. The van der Waals surface area contributed by atoms with Crippen LogP contribution in [-0.2, 0) is 6.54 Å². The van der Waals surface area contributed by atoms with Crippen molar-refractivity contribution in [2.75, 3.05) is 6.54 Å². The third kappa shape index (κ3) is 3.66. The number of nitrogens with zero attached hydrogens (tertiary/aromatic N) is 2. The summed E-state index contributed by atoms with van der Waals surface area (Å²) in [6, 6.07) is 4.06. The second kappa shape index (κ2) is 5.96. The third-order valence-electron chi connectivity index (χ3n) is 3.33. The van der Waals surface area contributed by atoms with Crippen LogP contribution in [0.1, 0.15) is 37.8 Å². The van der Waals surface area contributed by atoms with E-state index in [0.717, 1.165) is 18.7 Å². The van der Waals surface area contributed by atoms with E-state index in [1.54, 1.807) is 16.8 Å². The van der Waals surface area contributed by atoms with Crippen LogP contribution in [0.5, 0.6) is 0 Å². The summed E-state index contributed by atoms with van der Waals surface area (Å²) in [6.45, 7) is 3.60. The van der Waals surface area contributed by atoms with Crippen LogP contribution >= 0.6 is 0 Å². The minimum atomic E-state index is -0.00327. The van der Waals surface area contributed by atoms with Crippen molar-refractivity contribution < 1.29 is 0 Å². The van der Waals surface area contributed by atoms with Gasteiger partial charge in [-0.3, -0.25) is 4.79 Å². The topological polar surface area (TPSA) is 46.9 Å². The fourth-order valence-corrected chi connectivity index (χ4v) is 2.38. The van der Waals surface area contributed by atoms with Crippen LogP contribution in [0.2, 0.25) is 0 Å². The van der Waals surface area contributed by atoms with Gasteiger partial charge in [0, 0.05) is 18.7 Å². The summed E-state index contributed by atoms with van der Waals surface area (Å²) in [6.07, 6.45) is 6.30. The average molecular weight is 235 g/mol. The molecule has 0 aliphatic heterocycles. The first-order valence-corrected chi connectivity index (χ1v) is 6.54. The molecule has 1 N–H and O–H groups in total. The van der Waals surface area contributed by atoms with Gasteiger partial charge in [-0.05, 0) is 38.8 Å². The molecular weight excluding hydrogens is 214 g/mol. The van der Waals surface area contributed by atoms with Crippen LogP contribution in [-0.4, -0.2) is 22.4 Å². The standard InChI is InChI=1S/C13H21N3O/c1-11-7-8-13(17)16(15-11)10-4-9-14-12-5-2-3-6-12/h7-8,12,14H,2-6,9-10H2,1H3. The maximum Gasteiger partial charge on any atom is 0.266 e. The molecule has 0 amide bonds. The van der Waals surface area contributed by atoms with E-state index in [0.29, 0.717) is 12.6 Å². The molecule has 94 valence electrons. The predicted octanol–water partition coefficient (Wildman–Crippen LogP) is 1.47. The average Bonchev–Trinajstić information content (AvgIpc) is 2.82. The first-order valence-electron chi connectivity index (χ1n) is 6.54. The van der Waals surface area contributed by atoms with Crippen LogP contribution in [0.3, 0.4) is 0 Å². The minimum absolute atomic E-state index is 0.00327. The lowest BCUT2D eigenvalue weighted by Crippen LogP contribution is -2.29. The molecule has 0 spiro atoms. The van der Waals surface area contributed by atoms with Gasteiger partial charge in [-0.25, -0.2) is 4.68 Å².